The second-order valence-corrected chi connectivity index (χ2v) is 7.83. The number of carbonyl (C=O) groups is 1. The van der Waals surface area contributed by atoms with E-state index in [1.807, 2.05) is 42.0 Å². The number of thiophene rings is 1. The Labute approximate surface area is 164 Å². The molecule has 0 atom stereocenters. The Kier molecular flexibility index (Phi) is 5.80. The van der Waals surface area contributed by atoms with Crippen molar-refractivity contribution in [1.82, 2.24) is 14.8 Å². The van der Waals surface area contributed by atoms with Crippen LogP contribution in [0, 0.1) is 6.92 Å². The number of aryl methyl sites for hydroxylation is 1. The van der Waals surface area contributed by atoms with Gasteiger partial charge in [-0.05, 0) is 73.0 Å². The van der Waals surface area contributed by atoms with Crippen LogP contribution in [0.15, 0.2) is 45.8 Å². The third-order valence-electron chi connectivity index (χ3n) is 3.71. The van der Waals surface area contributed by atoms with Gasteiger partial charge in [-0.15, -0.1) is 21.5 Å². The van der Waals surface area contributed by atoms with Crippen molar-refractivity contribution in [2.75, 3.05) is 0 Å². The molecule has 0 bridgehead atoms. The van der Waals surface area contributed by atoms with Gasteiger partial charge in [-0.25, -0.2) is 4.79 Å². The van der Waals surface area contributed by atoms with Crippen molar-refractivity contribution < 1.29 is 9.90 Å². The van der Waals surface area contributed by atoms with E-state index in [2.05, 4.69) is 10.2 Å². The summed E-state index contributed by atoms with van der Waals surface area (Å²) >= 11 is 8.56. The molecule has 0 aliphatic carbocycles. The van der Waals surface area contributed by atoms with Gasteiger partial charge in [0, 0.05) is 22.0 Å². The van der Waals surface area contributed by atoms with Gasteiger partial charge in [-0.3, -0.25) is 0 Å². The summed E-state index contributed by atoms with van der Waals surface area (Å²) in [5.74, 6) is -0.301. The van der Waals surface area contributed by atoms with Crippen LogP contribution in [0.25, 0.3) is 17.5 Å². The molecule has 0 fully saturated rings. The SMILES string of the molecule is CCn1c(S/C(=C/c2sccc2C)C(=O)O)nnc1-c1ccc(Cl)cc1. The Morgan fingerprint density at radius 2 is 2.04 bits per heavy atom. The fourth-order valence-corrected chi connectivity index (χ4v) is 4.27. The smallest absolute Gasteiger partial charge is 0.342 e. The molecule has 2 heterocycles. The van der Waals surface area contributed by atoms with Crippen molar-refractivity contribution in [2.24, 2.45) is 0 Å². The Morgan fingerprint density at radius 1 is 1.31 bits per heavy atom. The number of carboxylic acids is 1. The first-order chi connectivity index (χ1) is 12.5. The maximum Gasteiger partial charge on any atom is 0.342 e. The highest BCUT2D eigenvalue weighted by Crippen LogP contribution is 2.32. The Balaban J connectivity index is 1.96. The molecule has 8 heteroatoms. The maximum absolute atomic E-state index is 11.7. The number of rotatable bonds is 6. The molecule has 0 amide bonds. The number of benzene rings is 1. The second kappa shape index (κ2) is 8.07. The van der Waals surface area contributed by atoms with Crippen molar-refractivity contribution in [2.45, 2.75) is 25.5 Å². The van der Waals surface area contributed by atoms with Gasteiger partial charge in [0.2, 0.25) is 0 Å². The number of halogens is 1. The molecular weight excluding hydrogens is 390 g/mol. The summed E-state index contributed by atoms with van der Waals surface area (Å²) in [5, 5.41) is 21.2. The van der Waals surface area contributed by atoms with Crippen LogP contribution in [0.5, 0.6) is 0 Å². The average Bonchev–Trinajstić information content (AvgIpc) is 3.21. The third kappa shape index (κ3) is 4.00. The highest BCUT2D eigenvalue weighted by atomic mass is 35.5. The summed E-state index contributed by atoms with van der Waals surface area (Å²) in [6.45, 7) is 4.55. The van der Waals surface area contributed by atoms with E-state index >= 15 is 0 Å². The topological polar surface area (TPSA) is 68.0 Å². The Morgan fingerprint density at radius 3 is 2.62 bits per heavy atom. The van der Waals surface area contributed by atoms with Crippen LogP contribution in [-0.4, -0.2) is 25.8 Å². The summed E-state index contributed by atoms with van der Waals surface area (Å²) < 4.78 is 1.89. The van der Waals surface area contributed by atoms with Crippen molar-refractivity contribution in [3.8, 4) is 11.4 Å². The summed E-state index contributed by atoms with van der Waals surface area (Å²) in [5.41, 5.74) is 1.93. The van der Waals surface area contributed by atoms with Gasteiger partial charge in [0.25, 0.3) is 0 Å². The van der Waals surface area contributed by atoms with Gasteiger partial charge in [0.15, 0.2) is 11.0 Å². The van der Waals surface area contributed by atoms with Gasteiger partial charge in [-0.2, -0.15) is 0 Å². The van der Waals surface area contributed by atoms with E-state index in [1.165, 1.54) is 11.3 Å². The number of thioether (sulfide) groups is 1. The van der Waals surface area contributed by atoms with Gasteiger partial charge in [0.1, 0.15) is 4.91 Å². The lowest BCUT2D eigenvalue weighted by molar-refractivity contribution is -0.131. The summed E-state index contributed by atoms with van der Waals surface area (Å²) in [4.78, 5) is 12.8. The molecule has 26 heavy (non-hydrogen) atoms. The van der Waals surface area contributed by atoms with E-state index in [-0.39, 0.29) is 4.91 Å². The van der Waals surface area contributed by atoms with Gasteiger partial charge in [-0.1, -0.05) is 11.6 Å². The molecule has 0 aliphatic rings. The highest BCUT2D eigenvalue weighted by Gasteiger charge is 2.18. The summed E-state index contributed by atoms with van der Waals surface area (Å²) in [6, 6.07) is 9.29. The lowest BCUT2D eigenvalue weighted by Crippen LogP contribution is -2.02. The standard InChI is InChI=1S/C18H16ClN3O2S2/c1-3-22-16(12-4-6-13(19)7-5-12)20-21-18(22)26-15(17(23)24)10-14-11(2)8-9-25-14/h4-10H,3H2,1-2H3,(H,23,24)/b15-10+. The number of hydrogen-bond donors (Lipinski definition) is 1. The number of aromatic nitrogens is 3. The van der Waals surface area contributed by atoms with Crippen LogP contribution in [0.4, 0.5) is 0 Å². The molecule has 3 aromatic rings. The van der Waals surface area contributed by atoms with Crippen molar-refractivity contribution in [3.05, 3.63) is 56.1 Å². The first kappa shape index (κ1) is 18.7. The largest absolute Gasteiger partial charge is 0.477 e. The van der Waals surface area contributed by atoms with Crippen molar-refractivity contribution >= 4 is 46.7 Å². The first-order valence-corrected chi connectivity index (χ1v) is 9.93. The Hall–Kier alpha value is -2.09. The molecule has 1 aromatic carbocycles. The molecule has 3 rings (SSSR count). The van der Waals surface area contributed by atoms with Gasteiger partial charge >= 0.3 is 5.97 Å². The van der Waals surface area contributed by atoms with Crippen LogP contribution in [0.2, 0.25) is 5.02 Å². The maximum atomic E-state index is 11.7. The molecule has 0 unspecified atom stereocenters. The first-order valence-electron chi connectivity index (χ1n) is 7.85. The van der Waals surface area contributed by atoms with E-state index in [0.717, 1.165) is 27.8 Å². The van der Waals surface area contributed by atoms with E-state index in [9.17, 15) is 9.90 Å². The normalized spacial score (nSPS) is 11.7. The van der Waals surface area contributed by atoms with Crippen molar-refractivity contribution in [3.63, 3.8) is 0 Å². The molecule has 5 nitrogen and oxygen atoms in total. The minimum absolute atomic E-state index is 0.209. The zero-order valence-electron chi connectivity index (χ0n) is 14.1. The predicted molar refractivity (Wildman–Crippen MR) is 107 cm³/mol. The zero-order valence-corrected chi connectivity index (χ0v) is 16.5. The van der Waals surface area contributed by atoms with Crippen LogP contribution >= 0.6 is 34.7 Å². The van der Waals surface area contributed by atoms with E-state index in [1.54, 1.807) is 18.2 Å². The van der Waals surface area contributed by atoms with Gasteiger partial charge < -0.3 is 9.67 Å². The molecule has 134 valence electrons. The van der Waals surface area contributed by atoms with E-state index in [0.29, 0.717) is 22.5 Å². The minimum atomic E-state index is -0.985. The number of aliphatic carboxylic acids is 1. The highest BCUT2D eigenvalue weighted by molar-refractivity contribution is 8.04. The molecule has 0 spiro atoms. The lowest BCUT2D eigenvalue weighted by Gasteiger charge is -2.08. The fraction of sp³-hybridized carbons (Fsp3) is 0.167. The van der Waals surface area contributed by atoms with Crippen LogP contribution in [-0.2, 0) is 11.3 Å². The quantitative estimate of drug-likeness (QED) is 0.450. The second-order valence-electron chi connectivity index (χ2n) is 5.44. The predicted octanol–water partition coefficient (Wildman–Crippen LogP) is 5.21. The average molecular weight is 406 g/mol. The zero-order chi connectivity index (χ0) is 18.7. The van der Waals surface area contributed by atoms with Crippen molar-refractivity contribution in [1.29, 1.82) is 0 Å². The lowest BCUT2D eigenvalue weighted by atomic mass is 10.2. The number of hydrogen-bond acceptors (Lipinski definition) is 5. The molecule has 2 aromatic heterocycles. The molecule has 0 aliphatic heterocycles. The van der Waals surface area contributed by atoms with E-state index in [4.69, 9.17) is 11.6 Å². The summed E-state index contributed by atoms with van der Waals surface area (Å²) in [6.07, 6.45) is 1.68. The van der Waals surface area contributed by atoms with Gasteiger partial charge in [0.05, 0.1) is 0 Å². The third-order valence-corrected chi connectivity index (χ3v) is 5.93. The number of carboxylic acid groups (broad SMARTS) is 1. The molecule has 0 saturated carbocycles. The molecule has 0 radical (unpaired) electrons. The number of nitrogens with zero attached hydrogens (tertiary/aromatic N) is 3. The fourth-order valence-electron chi connectivity index (χ4n) is 2.35. The summed E-state index contributed by atoms with van der Waals surface area (Å²) in [7, 11) is 0. The van der Waals surface area contributed by atoms with Crippen LogP contribution in [0.1, 0.15) is 17.4 Å². The van der Waals surface area contributed by atoms with Crippen LogP contribution in [0.3, 0.4) is 0 Å². The molecule has 1 N–H and O–H groups in total. The van der Waals surface area contributed by atoms with E-state index < -0.39 is 5.97 Å². The minimum Gasteiger partial charge on any atom is -0.477 e. The molecule has 0 saturated heterocycles. The van der Waals surface area contributed by atoms with Crippen LogP contribution < -0.4 is 0 Å². The Bertz CT molecular complexity index is 961. The molecular formula is C18H16ClN3O2S2. The monoisotopic (exact) mass is 405 g/mol.